The molecule has 0 spiro atoms. The highest BCUT2D eigenvalue weighted by Gasteiger charge is 2.12. The van der Waals surface area contributed by atoms with Crippen molar-refractivity contribution in [3.63, 3.8) is 0 Å². The van der Waals surface area contributed by atoms with Gasteiger partial charge in [0.15, 0.2) is 0 Å². The lowest BCUT2D eigenvalue weighted by Crippen LogP contribution is -2.43. The number of halogens is 1. The Bertz CT molecular complexity index is 335. The molecule has 1 aromatic carbocycles. The lowest BCUT2D eigenvalue weighted by Gasteiger charge is -2.30. The smallest absolute Gasteiger partial charge is 0.0511 e. The zero-order valence-corrected chi connectivity index (χ0v) is 10.3. The summed E-state index contributed by atoms with van der Waals surface area (Å²) in [6, 6.07) is 6.36. The van der Waals surface area contributed by atoms with Crippen LogP contribution in [0.5, 0.6) is 0 Å². The van der Waals surface area contributed by atoms with Crippen LogP contribution < -0.4 is 16.0 Å². The van der Waals surface area contributed by atoms with Crippen molar-refractivity contribution in [2.24, 2.45) is 5.73 Å². The second-order valence-electron chi connectivity index (χ2n) is 3.73. The highest BCUT2D eigenvalue weighted by atomic mass is 79.9. The molecule has 2 rings (SSSR count). The Labute approximate surface area is 98.8 Å². The molecule has 3 nitrogen and oxygen atoms in total. The Hall–Kier alpha value is -0.580. The van der Waals surface area contributed by atoms with Crippen molar-refractivity contribution >= 4 is 21.6 Å². The molecule has 0 radical (unpaired) electrons. The molecule has 0 amide bonds. The molecule has 0 aliphatic carbocycles. The van der Waals surface area contributed by atoms with Crippen LogP contribution in [0.4, 0.5) is 5.69 Å². The summed E-state index contributed by atoms with van der Waals surface area (Å²) in [4.78, 5) is 2.39. The molecule has 1 saturated heterocycles. The fourth-order valence-corrected chi connectivity index (χ4v) is 2.52. The summed E-state index contributed by atoms with van der Waals surface area (Å²) < 4.78 is 1.15. The van der Waals surface area contributed by atoms with Gasteiger partial charge in [-0.1, -0.05) is 6.07 Å². The Balaban J connectivity index is 2.19. The highest BCUT2D eigenvalue weighted by molar-refractivity contribution is 9.10. The van der Waals surface area contributed by atoms with Gasteiger partial charge in [0.1, 0.15) is 0 Å². The van der Waals surface area contributed by atoms with Gasteiger partial charge in [-0.15, -0.1) is 0 Å². The van der Waals surface area contributed by atoms with Crippen LogP contribution in [0.3, 0.4) is 0 Å². The number of nitrogens with one attached hydrogen (secondary N) is 1. The minimum Gasteiger partial charge on any atom is -0.368 e. The molecule has 1 aliphatic heterocycles. The van der Waals surface area contributed by atoms with Crippen molar-refractivity contribution in [3.8, 4) is 0 Å². The monoisotopic (exact) mass is 269 g/mol. The van der Waals surface area contributed by atoms with Gasteiger partial charge in [0.2, 0.25) is 0 Å². The molecule has 0 unspecified atom stereocenters. The molecule has 1 fully saturated rings. The molecule has 4 heteroatoms. The van der Waals surface area contributed by atoms with Crippen LogP contribution in [0.15, 0.2) is 22.7 Å². The second kappa shape index (κ2) is 4.96. The molecule has 0 bridgehead atoms. The first kappa shape index (κ1) is 10.9. The van der Waals surface area contributed by atoms with Crippen molar-refractivity contribution in [2.75, 3.05) is 31.1 Å². The topological polar surface area (TPSA) is 41.3 Å². The molecule has 15 heavy (non-hydrogen) atoms. The molecule has 3 N–H and O–H groups in total. The first-order valence-corrected chi connectivity index (χ1v) is 6.04. The molecular weight excluding hydrogens is 254 g/mol. The van der Waals surface area contributed by atoms with E-state index in [0.717, 1.165) is 30.7 Å². The maximum Gasteiger partial charge on any atom is 0.0511 e. The van der Waals surface area contributed by atoms with Gasteiger partial charge in [-0.05, 0) is 33.6 Å². The maximum absolute atomic E-state index is 5.60. The third-order valence-corrected chi connectivity index (χ3v) is 3.34. The second-order valence-corrected chi connectivity index (χ2v) is 4.58. The minimum absolute atomic E-state index is 0.598. The fourth-order valence-electron chi connectivity index (χ4n) is 1.84. The number of nitrogens with two attached hydrogens (primary N) is 1. The van der Waals surface area contributed by atoms with Crippen LogP contribution in [-0.4, -0.2) is 26.2 Å². The lowest BCUT2D eigenvalue weighted by atomic mass is 10.2. The molecule has 0 atom stereocenters. The van der Waals surface area contributed by atoms with E-state index in [1.54, 1.807) is 0 Å². The predicted molar refractivity (Wildman–Crippen MR) is 67.1 cm³/mol. The van der Waals surface area contributed by atoms with Crippen LogP contribution in [0, 0.1) is 0 Å². The molecular formula is C11H16BrN3. The minimum atomic E-state index is 0.598. The average Bonchev–Trinajstić information content (AvgIpc) is 2.30. The average molecular weight is 270 g/mol. The van der Waals surface area contributed by atoms with E-state index in [1.807, 2.05) is 0 Å². The first-order valence-electron chi connectivity index (χ1n) is 5.25. The first-order chi connectivity index (χ1) is 7.31. The van der Waals surface area contributed by atoms with Crippen LogP contribution in [0.1, 0.15) is 5.56 Å². The lowest BCUT2D eigenvalue weighted by molar-refractivity contribution is 0.588. The summed E-state index contributed by atoms with van der Waals surface area (Å²) in [6.07, 6.45) is 0. The Morgan fingerprint density at radius 2 is 2.07 bits per heavy atom. The predicted octanol–water partition coefficient (Wildman–Crippen LogP) is 1.32. The number of hydrogen-bond donors (Lipinski definition) is 2. The molecule has 1 aliphatic rings. The molecule has 0 aromatic heterocycles. The summed E-state index contributed by atoms with van der Waals surface area (Å²) in [6.45, 7) is 4.86. The number of hydrogen-bond acceptors (Lipinski definition) is 3. The number of anilines is 1. The van der Waals surface area contributed by atoms with Gasteiger partial charge >= 0.3 is 0 Å². The van der Waals surface area contributed by atoms with E-state index in [4.69, 9.17) is 5.73 Å². The van der Waals surface area contributed by atoms with E-state index in [9.17, 15) is 0 Å². The fraction of sp³-hybridized carbons (Fsp3) is 0.455. The third kappa shape index (κ3) is 2.51. The van der Waals surface area contributed by atoms with Gasteiger partial charge in [0.25, 0.3) is 0 Å². The van der Waals surface area contributed by atoms with E-state index >= 15 is 0 Å². The maximum atomic E-state index is 5.60. The van der Waals surface area contributed by atoms with Crippen molar-refractivity contribution in [1.82, 2.24) is 5.32 Å². The number of piperazine rings is 1. The third-order valence-electron chi connectivity index (χ3n) is 2.71. The van der Waals surface area contributed by atoms with Crippen molar-refractivity contribution in [3.05, 3.63) is 28.2 Å². The van der Waals surface area contributed by atoms with E-state index in [0.29, 0.717) is 6.54 Å². The van der Waals surface area contributed by atoms with Crippen LogP contribution in [0.25, 0.3) is 0 Å². The van der Waals surface area contributed by atoms with Gasteiger partial charge in [-0.2, -0.15) is 0 Å². The van der Waals surface area contributed by atoms with Gasteiger partial charge in [0, 0.05) is 37.2 Å². The zero-order chi connectivity index (χ0) is 10.7. The standard InChI is InChI=1S/C11H16BrN3/c12-10-7-9(8-13)1-2-11(10)15-5-3-14-4-6-15/h1-2,7,14H,3-6,8,13H2. The van der Waals surface area contributed by atoms with Crippen molar-refractivity contribution in [1.29, 1.82) is 0 Å². The summed E-state index contributed by atoms with van der Waals surface area (Å²) in [5.41, 5.74) is 8.04. The molecule has 82 valence electrons. The summed E-state index contributed by atoms with van der Waals surface area (Å²) in [7, 11) is 0. The van der Waals surface area contributed by atoms with Gasteiger partial charge < -0.3 is 16.0 Å². The van der Waals surface area contributed by atoms with Gasteiger partial charge in [0.05, 0.1) is 5.69 Å². The van der Waals surface area contributed by atoms with Crippen LogP contribution in [-0.2, 0) is 6.54 Å². The molecule has 1 heterocycles. The normalized spacial score (nSPS) is 16.8. The largest absolute Gasteiger partial charge is 0.368 e. The molecule has 0 saturated carbocycles. The number of nitrogens with zero attached hydrogens (tertiary/aromatic N) is 1. The van der Waals surface area contributed by atoms with E-state index in [1.165, 1.54) is 11.3 Å². The van der Waals surface area contributed by atoms with Gasteiger partial charge in [-0.3, -0.25) is 0 Å². The highest BCUT2D eigenvalue weighted by Crippen LogP contribution is 2.27. The summed E-state index contributed by atoms with van der Waals surface area (Å²) >= 11 is 3.61. The Kier molecular flexibility index (Phi) is 3.61. The van der Waals surface area contributed by atoms with Crippen molar-refractivity contribution in [2.45, 2.75) is 6.54 Å². The number of benzene rings is 1. The van der Waals surface area contributed by atoms with E-state index < -0.39 is 0 Å². The van der Waals surface area contributed by atoms with Gasteiger partial charge in [-0.25, -0.2) is 0 Å². The SMILES string of the molecule is NCc1ccc(N2CCNCC2)c(Br)c1. The van der Waals surface area contributed by atoms with Crippen LogP contribution >= 0.6 is 15.9 Å². The number of rotatable bonds is 2. The summed E-state index contributed by atoms with van der Waals surface area (Å²) in [5, 5.41) is 3.35. The van der Waals surface area contributed by atoms with Crippen LogP contribution in [0.2, 0.25) is 0 Å². The zero-order valence-electron chi connectivity index (χ0n) is 8.67. The Morgan fingerprint density at radius 1 is 1.33 bits per heavy atom. The van der Waals surface area contributed by atoms with E-state index in [-0.39, 0.29) is 0 Å². The molecule has 1 aromatic rings. The van der Waals surface area contributed by atoms with Crippen molar-refractivity contribution < 1.29 is 0 Å². The summed E-state index contributed by atoms with van der Waals surface area (Å²) in [5.74, 6) is 0. The van der Waals surface area contributed by atoms with E-state index in [2.05, 4.69) is 44.3 Å². The Morgan fingerprint density at radius 3 is 2.67 bits per heavy atom. The quantitative estimate of drug-likeness (QED) is 0.851.